The van der Waals surface area contributed by atoms with Crippen LogP contribution in [0, 0.1) is 11.3 Å². The lowest BCUT2D eigenvalue weighted by Gasteiger charge is -2.23. The fraction of sp³-hybridized carbons (Fsp3) is 0.296. The average Bonchev–Trinajstić information content (AvgIpc) is 3.40. The molecule has 11 heteroatoms. The first-order valence-electron chi connectivity index (χ1n) is 13.3. The first kappa shape index (κ1) is 20.6. The van der Waals surface area contributed by atoms with E-state index in [2.05, 4.69) is 15.1 Å². The number of aliphatic hydroxyl groups is 1. The van der Waals surface area contributed by atoms with Crippen molar-refractivity contribution in [3.05, 3.63) is 77.1 Å². The highest BCUT2D eigenvalue weighted by atomic mass is 19.3. The summed E-state index contributed by atoms with van der Waals surface area (Å²) in [5.74, 6) is -1.56. The van der Waals surface area contributed by atoms with Crippen molar-refractivity contribution in [2.24, 2.45) is 0 Å². The number of hydrogen-bond donors (Lipinski definition) is 1. The van der Waals surface area contributed by atoms with E-state index in [1.54, 1.807) is 22.8 Å². The van der Waals surface area contributed by atoms with Crippen molar-refractivity contribution in [3.8, 4) is 22.9 Å². The van der Waals surface area contributed by atoms with Gasteiger partial charge in [-0.2, -0.15) is 19.1 Å². The van der Waals surface area contributed by atoms with Crippen LogP contribution >= 0.6 is 0 Å². The van der Waals surface area contributed by atoms with Gasteiger partial charge in [-0.3, -0.25) is 4.79 Å². The van der Waals surface area contributed by atoms with E-state index in [4.69, 9.17) is 14.1 Å². The van der Waals surface area contributed by atoms with E-state index >= 15 is 0 Å². The van der Waals surface area contributed by atoms with Gasteiger partial charge in [0.1, 0.15) is 11.4 Å². The molecule has 2 bridgehead atoms. The lowest BCUT2D eigenvalue weighted by molar-refractivity contribution is -0.0505. The third-order valence-electron chi connectivity index (χ3n) is 7.11. The Balaban J connectivity index is 1.52. The maximum absolute atomic E-state index is 13.6. The highest BCUT2D eigenvalue weighted by Gasteiger charge is 2.46. The van der Waals surface area contributed by atoms with E-state index in [0.717, 1.165) is 4.90 Å². The summed E-state index contributed by atoms with van der Waals surface area (Å²) in [6, 6.07) is 8.68. The number of alkyl halides is 2. The van der Waals surface area contributed by atoms with E-state index in [9.17, 15) is 18.7 Å². The number of fused-ring (bicyclic) bond motifs is 9. The molecule has 3 aromatic heterocycles. The van der Waals surface area contributed by atoms with Crippen molar-refractivity contribution < 1.29 is 27.5 Å². The van der Waals surface area contributed by atoms with E-state index in [-0.39, 0.29) is 35.5 Å². The molecule has 4 heterocycles. The second-order valence-corrected chi connectivity index (χ2v) is 9.52. The van der Waals surface area contributed by atoms with Crippen molar-refractivity contribution in [2.75, 3.05) is 6.98 Å². The van der Waals surface area contributed by atoms with Gasteiger partial charge in [0.05, 0.1) is 29.7 Å². The number of ether oxygens (including phenoxy) is 1. The Labute approximate surface area is 220 Å². The molecule has 6 rings (SSSR count). The summed E-state index contributed by atoms with van der Waals surface area (Å²) < 4.78 is 57.6. The molecule has 1 aromatic carbocycles. The van der Waals surface area contributed by atoms with Crippen molar-refractivity contribution >= 4 is 11.4 Å². The zero-order valence-corrected chi connectivity index (χ0v) is 20.0. The van der Waals surface area contributed by atoms with Crippen molar-refractivity contribution in [1.29, 1.82) is 5.26 Å². The summed E-state index contributed by atoms with van der Waals surface area (Å²) in [5, 5.41) is 24.0. The number of halogens is 2. The molecule has 0 radical (unpaired) electrons. The zero-order valence-electron chi connectivity index (χ0n) is 23.0. The maximum Gasteiger partial charge on any atom is 0.387 e. The van der Waals surface area contributed by atoms with Gasteiger partial charge in [-0.1, -0.05) is 6.07 Å². The number of aromatic nitrogens is 4. The fourth-order valence-electron chi connectivity index (χ4n) is 5.36. The van der Waals surface area contributed by atoms with Crippen LogP contribution in [0.25, 0.3) is 16.6 Å². The van der Waals surface area contributed by atoms with Gasteiger partial charge in [0, 0.05) is 57.9 Å². The van der Waals surface area contributed by atoms with Crippen molar-refractivity contribution in [1.82, 2.24) is 24.5 Å². The smallest absolute Gasteiger partial charge is 0.387 e. The highest BCUT2D eigenvalue weighted by Crippen LogP contribution is 2.53. The predicted molar refractivity (Wildman–Crippen MR) is 130 cm³/mol. The lowest BCUT2D eigenvalue weighted by atomic mass is 9.88. The molecule has 1 aliphatic carbocycles. The minimum Gasteiger partial charge on any atom is -0.434 e. The van der Waals surface area contributed by atoms with Crippen LogP contribution in [-0.4, -0.2) is 49.1 Å². The van der Waals surface area contributed by atoms with Crippen LogP contribution in [0.2, 0.25) is 0 Å². The minimum absolute atomic E-state index is 0.0126. The Morgan fingerprint density at radius 1 is 1.29 bits per heavy atom. The van der Waals surface area contributed by atoms with E-state index < -0.39 is 37.1 Å². The molecule has 1 aliphatic heterocycles. The van der Waals surface area contributed by atoms with Crippen LogP contribution in [0.15, 0.2) is 48.9 Å². The highest BCUT2D eigenvalue weighted by molar-refractivity contribution is 5.98. The number of rotatable bonds is 5. The standard InChI is InChI=1S/C27H22F2N6O3/c1-27(37,7-8-30)25-31-12-15(13-32-25)14-6-9-35-18(10-14)22-17-11-19(23(22)33-35)34(2)24(36)16-4-3-5-20(21(16)17)38-26(28)29/h3-6,9-10,12-13,17,19,26,37H,7,11H2,1-2H3/t17-,19-,27-/m1/s1/i2D3. The normalized spacial score (nSPS) is 21.1. The molecule has 0 saturated heterocycles. The molecular formula is C27H22F2N6O3. The second kappa shape index (κ2) is 8.56. The Kier molecular flexibility index (Phi) is 4.64. The molecule has 0 saturated carbocycles. The van der Waals surface area contributed by atoms with Gasteiger partial charge in [-0.25, -0.2) is 14.5 Å². The summed E-state index contributed by atoms with van der Waals surface area (Å²) in [4.78, 5) is 22.8. The monoisotopic (exact) mass is 519 g/mol. The van der Waals surface area contributed by atoms with Crippen LogP contribution in [0.5, 0.6) is 5.75 Å². The number of nitriles is 1. The molecule has 4 aromatic rings. The molecular weight excluding hydrogens is 494 g/mol. The third-order valence-corrected chi connectivity index (χ3v) is 7.11. The Hall–Kier alpha value is -4.43. The van der Waals surface area contributed by atoms with Gasteiger partial charge in [-0.05, 0) is 43.2 Å². The van der Waals surface area contributed by atoms with Crippen LogP contribution < -0.4 is 4.74 Å². The van der Waals surface area contributed by atoms with Crippen LogP contribution in [0.1, 0.15) is 68.8 Å². The summed E-state index contributed by atoms with van der Waals surface area (Å²) in [6.45, 7) is -4.52. The number of nitrogens with zero attached hydrogens (tertiary/aromatic N) is 6. The lowest BCUT2D eigenvalue weighted by Crippen LogP contribution is -2.30. The molecule has 3 atom stereocenters. The fourth-order valence-corrected chi connectivity index (χ4v) is 5.36. The summed E-state index contributed by atoms with van der Waals surface area (Å²) in [5.41, 5.74) is 1.50. The largest absolute Gasteiger partial charge is 0.434 e. The van der Waals surface area contributed by atoms with E-state index in [1.807, 2.05) is 6.07 Å². The first-order chi connectivity index (χ1) is 19.4. The molecule has 9 nitrogen and oxygen atoms in total. The van der Waals surface area contributed by atoms with Crippen LogP contribution in [0.3, 0.4) is 0 Å². The molecule has 0 fully saturated rings. The summed E-state index contributed by atoms with van der Waals surface area (Å²) in [7, 11) is 0. The summed E-state index contributed by atoms with van der Waals surface area (Å²) >= 11 is 0. The Bertz CT molecular complexity index is 1730. The van der Waals surface area contributed by atoms with Gasteiger partial charge < -0.3 is 14.7 Å². The molecule has 1 amide bonds. The number of carbonyl (C=O) groups is 1. The average molecular weight is 520 g/mol. The number of pyridine rings is 1. The number of hydrogen-bond acceptors (Lipinski definition) is 7. The molecule has 0 unspecified atom stereocenters. The van der Waals surface area contributed by atoms with E-state index in [1.165, 1.54) is 37.5 Å². The number of benzene rings is 1. The number of carbonyl (C=O) groups excluding carboxylic acids is 1. The quantitative estimate of drug-likeness (QED) is 0.421. The maximum atomic E-state index is 13.6. The molecule has 38 heavy (non-hydrogen) atoms. The zero-order chi connectivity index (χ0) is 29.3. The minimum atomic E-state index is -3.15. The topological polar surface area (TPSA) is 117 Å². The van der Waals surface area contributed by atoms with E-state index in [0.29, 0.717) is 27.9 Å². The second-order valence-electron chi connectivity index (χ2n) is 9.52. The molecule has 1 N–H and O–H groups in total. The van der Waals surface area contributed by atoms with Gasteiger partial charge in [-0.15, -0.1) is 0 Å². The number of amides is 1. The van der Waals surface area contributed by atoms with Crippen molar-refractivity contribution in [3.63, 3.8) is 0 Å². The van der Waals surface area contributed by atoms with Gasteiger partial charge in [0.25, 0.3) is 5.91 Å². The van der Waals surface area contributed by atoms with Crippen LogP contribution in [0.4, 0.5) is 8.78 Å². The van der Waals surface area contributed by atoms with Gasteiger partial charge in [0.2, 0.25) is 0 Å². The summed E-state index contributed by atoms with van der Waals surface area (Å²) in [6.07, 6.45) is 4.64. The SMILES string of the molecule is [2H]C([2H])([2H])N1C(=O)c2cccc(OC(F)F)c2[C@H]2C[C@@H]1c1nn3ccc(-c4cnc([C@](C)(O)CC#N)nc4)cc3c12. The Morgan fingerprint density at radius 3 is 2.79 bits per heavy atom. The van der Waals surface area contributed by atoms with Crippen LogP contribution in [-0.2, 0) is 5.60 Å². The van der Waals surface area contributed by atoms with Crippen molar-refractivity contribution in [2.45, 2.75) is 43.9 Å². The van der Waals surface area contributed by atoms with Gasteiger partial charge in [0.15, 0.2) is 5.82 Å². The molecule has 0 spiro atoms. The first-order valence-corrected chi connectivity index (χ1v) is 11.8. The third kappa shape index (κ3) is 3.60. The van der Waals surface area contributed by atoms with Gasteiger partial charge >= 0.3 is 6.61 Å². The molecule has 192 valence electrons. The molecule has 2 aliphatic rings. The predicted octanol–water partition coefficient (Wildman–Crippen LogP) is 4.18. The Morgan fingerprint density at radius 2 is 2.08 bits per heavy atom.